The van der Waals surface area contributed by atoms with Crippen LogP contribution in [0.4, 0.5) is 0 Å². The monoisotopic (exact) mass is 280 g/mol. The third kappa shape index (κ3) is 4.61. The summed E-state index contributed by atoms with van der Waals surface area (Å²) < 4.78 is 0. The first-order valence-corrected chi connectivity index (χ1v) is 8.92. The van der Waals surface area contributed by atoms with Crippen LogP contribution in [0.3, 0.4) is 0 Å². The summed E-state index contributed by atoms with van der Waals surface area (Å²) >= 11 is 1.87. The summed E-state index contributed by atoms with van der Waals surface area (Å²) in [4.78, 5) is 2.77. The van der Waals surface area contributed by atoms with Crippen molar-refractivity contribution < 1.29 is 5.11 Å². The highest BCUT2D eigenvalue weighted by atomic mass is 32.1. The Bertz CT molecular complexity index is 346. The SMILES string of the molecule is CCCCCCCCC(O)c1cc2c(s1)CCCC2. The van der Waals surface area contributed by atoms with Crippen molar-refractivity contribution in [1.82, 2.24) is 0 Å². The number of aryl methyl sites for hydroxylation is 2. The molecule has 19 heavy (non-hydrogen) atoms. The predicted octanol–water partition coefficient (Wildman–Crippen LogP) is 5.41. The van der Waals surface area contributed by atoms with E-state index in [0.29, 0.717) is 0 Å². The van der Waals surface area contributed by atoms with Gasteiger partial charge in [-0.25, -0.2) is 0 Å². The third-order valence-corrected chi connectivity index (χ3v) is 5.51. The second-order valence-electron chi connectivity index (χ2n) is 5.88. The number of fused-ring (bicyclic) bond motifs is 1. The first kappa shape index (κ1) is 15.1. The third-order valence-electron chi connectivity index (χ3n) is 4.18. The summed E-state index contributed by atoms with van der Waals surface area (Å²) in [6, 6.07) is 2.28. The fourth-order valence-corrected chi connectivity index (χ4v) is 4.22. The van der Waals surface area contributed by atoms with E-state index in [1.165, 1.54) is 74.6 Å². The molecule has 1 nitrogen and oxygen atoms in total. The van der Waals surface area contributed by atoms with Crippen LogP contribution in [0.2, 0.25) is 0 Å². The highest BCUT2D eigenvalue weighted by molar-refractivity contribution is 7.12. The maximum absolute atomic E-state index is 10.3. The van der Waals surface area contributed by atoms with Crippen LogP contribution in [0, 0.1) is 0 Å². The molecule has 0 radical (unpaired) electrons. The Balaban J connectivity index is 1.70. The van der Waals surface area contributed by atoms with Crippen LogP contribution in [0.25, 0.3) is 0 Å². The zero-order valence-electron chi connectivity index (χ0n) is 12.3. The normalized spacial score (nSPS) is 16.3. The molecule has 1 aromatic heterocycles. The van der Waals surface area contributed by atoms with Crippen molar-refractivity contribution in [2.24, 2.45) is 0 Å². The minimum absolute atomic E-state index is 0.207. The van der Waals surface area contributed by atoms with Crippen molar-refractivity contribution in [3.05, 3.63) is 21.4 Å². The molecule has 1 atom stereocenters. The van der Waals surface area contributed by atoms with E-state index in [4.69, 9.17) is 0 Å². The number of hydrogen-bond acceptors (Lipinski definition) is 2. The van der Waals surface area contributed by atoms with E-state index in [2.05, 4.69) is 13.0 Å². The Kier molecular flexibility index (Phi) is 6.39. The van der Waals surface area contributed by atoms with E-state index in [1.807, 2.05) is 11.3 Å². The predicted molar refractivity (Wildman–Crippen MR) is 83.9 cm³/mol. The Morgan fingerprint density at radius 1 is 1.11 bits per heavy atom. The molecule has 1 heterocycles. The van der Waals surface area contributed by atoms with Gasteiger partial charge in [-0.2, -0.15) is 0 Å². The summed E-state index contributed by atoms with van der Waals surface area (Å²) in [6.07, 6.45) is 13.7. The number of thiophene rings is 1. The van der Waals surface area contributed by atoms with E-state index < -0.39 is 0 Å². The molecule has 0 fully saturated rings. The second kappa shape index (κ2) is 8.06. The Morgan fingerprint density at radius 3 is 2.63 bits per heavy atom. The molecule has 0 bridgehead atoms. The van der Waals surface area contributed by atoms with Gasteiger partial charge in [0, 0.05) is 9.75 Å². The smallest absolute Gasteiger partial charge is 0.0882 e. The van der Waals surface area contributed by atoms with Crippen LogP contribution in [-0.2, 0) is 12.8 Å². The number of rotatable bonds is 8. The molecule has 0 saturated carbocycles. The maximum Gasteiger partial charge on any atom is 0.0882 e. The van der Waals surface area contributed by atoms with Crippen LogP contribution in [0.15, 0.2) is 6.07 Å². The standard InChI is InChI=1S/C17H28OS/c1-2-3-4-5-6-7-11-15(18)17-13-14-10-8-9-12-16(14)19-17/h13,15,18H,2-12H2,1H3. The topological polar surface area (TPSA) is 20.2 Å². The quantitative estimate of drug-likeness (QED) is 0.631. The molecule has 0 amide bonds. The fraction of sp³-hybridized carbons (Fsp3) is 0.765. The molecule has 2 rings (SSSR count). The summed E-state index contributed by atoms with van der Waals surface area (Å²) in [6.45, 7) is 2.25. The van der Waals surface area contributed by atoms with Gasteiger partial charge in [0.25, 0.3) is 0 Å². The van der Waals surface area contributed by atoms with Gasteiger partial charge in [0.1, 0.15) is 0 Å². The van der Waals surface area contributed by atoms with Gasteiger partial charge in [0.15, 0.2) is 0 Å². The molecule has 2 heteroatoms. The minimum atomic E-state index is -0.207. The van der Waals surface area contributed by atoms with E-state index in [0.717, 1.165) is 6.42 Å². The number of hydrogen-bond donors (Lipinski definition) is 1. The molecular formula is C17H28OS. The van der Waals surface area contributed by atoms with Crippen molar-refractivity contribution in [2.75, 3.05) is 0 Å². The summed E-state index contributed by atoms with van der Waals surface area (Å²) in [7, 11) is 0. The molecule has 108 valence electrons. The summed E-state index contributed by atoms with van der Waals surface area (Å²) in [5.41, 5.74) is 1.52. The molecule has 0 saturated heterocycles. The van der Waals surface area contributed by atoms with E-state index in [-0.39, 0.29) is 6.10 Å². The van der Waals surface area contributed by atoms with Crippen LogP contribution < -0.4 is 0 Å². The van der Waals surface area contributed by atoms with Gasteiger partial charge >= 0.3 is 0 Å². The summed E-state index contributed by atoms with van der Waals surface area (Å²) in [5, 5.41) is 10.3. The lowest BCUT2D eigenvalue weighted by Gasteiger charge is -2.08. The first-order chi connectivity index (χ1) is 9.31. The van der Waals surface area contributed by atoms with Crippen molar-refractivity contribution >= 4 is 11.3 Å². The van der Waals surface area contributed by atoms with Crippen LogP contribution in [0.5, 0.6) is 0 Å². The zero-order chi connectivity index (χ0) is 13.5. The highest BCUT2D eigenvalue weighted by Crippen LogP contribution is 2.34. The highest BCUT2D eigenvalue weighted by Gasteiger charge is 2.17. The van der Waals surface area contributed by atoms with E-state index >= 15 is 0 Å². The maximum atomic E-state index is 10.3. The summed E-state index contributed by atoms with van der Waals surface area (Å²) in [5.74, 6) is 0. The molecule has 1 unspecified atom stereocenters. The van der Waals surface area contributed by atoms with Gasteiger partial charge in [-0.3, -0.25) is 0 Å². The Labute approximate surface area is 122 Å². The van der Waals surface area contributed by atoms with Gasteiger partial charge in [0.2, 0.25) is 0 Å². The van der Waals surface area contributed by atoms with Gasteiger partial charge < -0.3 is 5.11 Å². The molecule has 1 aliphatic rings. The molecular weight excluding hydrogens is 252 g/mol. The van der Waals surface area contributed by atoms with Crippen molar-refractivity contribution in [3.63, 3.8) is 0 Å². The van der Waals surface area contributed by atoms with Crippen LogP contribution >= 0.6 is 11.3 Å². The fourth-order valence-electron chi connectivity index (χ4n) is 2.94. The molecule has 1 aliphatic carbocycles. The van der Waals surface area contributed by atoms with Gasteiger partial charge in [-0.15, -0.1) is 11.3 Å². The Hall–Kier alpha value is -0.340. The average molecular weight is 280 g/mol. The van der Waals surface area contributed by atoms with Crippen LogP contribution in [0.1, 0.15) is 86.1 Å². The molecule has 1 N–H and O–H groups in total. The van der Waals surface area contributed by atoms with Gasteiger partial charge in [-0.05, 0) is 43.7 Å². The van der Waals surface area contributed by atoms with Crippen molar-refractivity contribution in [3.8, 4) is 0 Å². The number of aliphatic hydroxyl groups is 1. The largest absolute Gasteiger partial charge is 0.388 e. The van der Waals surface area contributed by atoms with Crippen LogP contribution in [-0.4, -0.2) is 5.11 Å². The van der Waals surface area contributed by atoms with Crippen molar-refractivity contribution in [1.29, 1.82) is 0 Å². The lowest BCUT2D eigenvalue weighted by Crippen LogP contribution is -1.97. The van der Waals surface area contributed by atoms with Gasteiger partial charge in [-0.1, -0.05) is 45.4 Å². The van der Waals surface area contributed by atoms with Gasteiger partial charge in [0.05, 0.1) is 6.10 Å². The second-order valence-corrected chi connectivity index (χ2v) is 7.04. The number of unbranched alkanes of at least 4 members (excludes halogenated alkanes) is 5. The van der Waals surface area contributed by atoms with E-state index in [9.17, 15) is 5.11 Å². The number of aliphatic hydroxyl groups excluding tert-OH is 1. The average Bonchev–Trinajstić information content (AvgIpc) is 2.86. The molecule has 0 aliphatic heterocycles. The molecule has 0 aromatic carbocycles. The Morgan fingerprint density at radius 2 is 1.84 bits per heavy atom. The van der Waals surface area contributed by atoms with Crippen molar-refractivity contribution in [2.45, 2.75) is 83.7 Å². The molecule has 0 spiro atoms. The zero-order valence-corrected chi connectivity index (χ0v) is 13.1. The lowest BCUT2D eigenvalue weighted by atomic mass is 9.98. The minimum Gasteiger partial charge on any atom is -0.388 e. The lowest BCUT2D eigenvalue weighted by molar-refractivity contribution is 0.167. The van der Waals surface area contributed by atoms with E-state index in [1.54, 1.807) is 4.88 Å². The first-order valence-electron chi connectivity index (χ1n) is 8.10. The molecule has 1 aromatic rings.